The van der Waals surface area contributed by atoms with Crippen LogP contribution in [0.2, 0.25) is 0 Å². The molecule has 9 aromatic rings. The molecule has 7 aromatic carbocycles. The first-order chi connectivity index (χ1) is 28.6. The van der Waals surface area contributed by atoms with Gasteiger partial charge in [-0.25, -0.2) is 0 Å². The summed E-state index contributed by atoms with van der Waals surface area (Å²) in [5, 5.41) is 2.59. The first kappa shape index (κ1) is 33.4. The van der Waals surface area contributed by atoms with Crippen LogP contribution >= 0.6 is 0 Å². The van der Waals surface area contributed by atoms with Crippen molar-refractivity contribution in [2.75, 3.05) is 0 Å². The van der Waals surface area contributed by atoms with Gasteiger partial charge in [-0.15, -0.1) is 0 Å². The van der Waals surface area contributed by atoms with Gasteiger partial charge in [-0.2, -0.15) is 0 Å². The molecule has 0 fully saturated rings. The van der Waals surface area contributed by atoms with E-state index in [1.807, 2.05) is 6.20 Å². The number of rotatable bonds is 6. The van der Waals surface area contributed by atoms with E-state index in [-0.39, 0.29) is 11.3 Å². The lowest BCUT2D eigenvalue weighted by atomic mass is 9.61. The fourth-order valence-corrected chi connectivity index (χ4v) is 11.1. The minimum absolute atomic E-state index is 0.0506. The Morgan fingerprint density at radius 1 is 0.500 bits per heavy atom. The molecular formula is C56H42N2. The van der Waals surface area contributed by atoms with Gasteiger partial charge in [0.2, 0.25) is 0 Å². The van der Waals surface area contributed by atoms with E-state index in [0.717, 1.165) is 24.1 Å². The second-order valence-corrected chi connectivity index (χ2v) is 16.5. The first-order valence-electron chi connectivity index (χ1n) is 20.9. The molecule has 0 unspecified atom stereocenters. The van der Waals surface area contributed by atoms with E-state index in [9.17, 15) is 0 Å². The number of aromatic nitrogens is 2. The third-order valence-electron chi connectivity index (χ3n) is 13.9. The Morgan fingerprint density at radius 3 is 1.66 bits per heavy atom. The molecule has 2 heteroatoms. The van der Waals surface area contributed by atoms with Crippen molar-refractivity contribution in [3.05, 3.63) is 226 Å². The molecule has 0 saturated heterocycles. The van der Waals surface area contributed by atoms with Crippen molar-refractivity contribution < 1.29 is 0 Å². The summed E-state index contributed by atoms with van der Waals surface area (Å²) in [6.45, 7) is 4.71. The molecule has 2 aromatic heterocycles. The van der Waals surface area contributed by atoms with Crippen molar-refractivity contribution in [3.63, 3.8) is 0 Å². The van der Waals surface area contributed by atoms with Crippen molar-refractivity contribution in [2.24, 2.45) is 0 Å². The second-order valence-electron chi connectivity index (χ2n) is 16.5. The quantitative estimate of drug-likeness (QED) is 0.166. The van der Waals surface area contributed by atoms with Gasteiger partial charge in [0.05, 0.1) is 16.7 Å². The summed E-state index contributed by atoms with van der Waals surface area (Å²) in [7, 11) is 0. The van der Waals surface area contributed by atoms with E-state index >= 15 is 0 Å². The molecular weight excluding hydrogens is 701 g/mol. The highest BCUT2D eigenvalue weighted by Crippen LogP contribution is 2.56. The Balaban J connectivity index is 0.851. The number of nitrogens with zero attached hydrogens (tertiary/aromatic N) is 2. The van der Waals surface area contributed by atoms with Crippen molar-refractivity contribution in [3.8, 4) is 28.1 Å². The number of benzene rings is 7. The standard InChI is InChI=1S/C56H42N2/c1-3-56(4-2)49-31-35(23-27-39(49)40-29-26-38(33-50(40)56)58-52-19-11-9-13-41(52)42-14-10-12-20-53(42)58)21-22-36-24-30-51(57-34-36)37-25-28-47-48(32-37)55-45-17-7-5-15-43(45)54(47)44-16-6-8-18-46(44)55/h5-34,54-55H,3-4H2,1-2H3/b22-21+. The Kier molecular flexibility index (Phi) is 7.26. The molecule has 13 rings (SSSR count). The van der Waals surface area contributed by atoms with Crippen LogP contribution in [-0.2, 0) is 5.41 Å². The van der Waals surface area contributed by atoms with Crippen molar-refractivity contribution >= 4 is 34.0 Å². The van der Waals surface area contributed by atoms with Gasteiger partial charge < -0.3 is 4.57 Å². The number of hydrogen-bond acceptors (Lipinski definition) is 1. The van der Waals surface area contributed by atoms with Gasteiger partial charge in [-0.3, -0.25) is 4.98 Å². The minimum Gasteiger partial charge on any atom is -0.309 e. The molecule has 58 heavy (non-hydrogen) atoms. The van der Waals surface area contributed by atoms with E-state index in [4.69, 9.17) is 4.98 Å². The van der Waals surface area contributed by atoms with Gasteiger partial charge in [0.15, 0.2) is 0 Å². The molecule has 0 radical (unpaired) electrons. The summed E-state index contributed by atoms with van der Waals surface area (Å²) in [4.78, 5) is 5.01. The van der Waals surface area contributed by atoms with E-state index in [0.29, 0.717) is 5.92 Å². The number of hydrogen-bond donors (Lipinski definition) is 0. The maximum atomic E-state index is 5.01. The first-order valence-corrected chi connectivity index (χ1v) is 20.9. The lowest BCUT2D eigenvalue weighted by molar-refractivity contribution is 0.490. The fourth-order valence-electron chi connectivity index (χ4n) is 11.1. The maximum Gasteiger partial charge on any atom is 0.0702 e. The number of pyridine rings is 1. The SMILES string of the molecule is CCC1(CC)c2cc(/C=C/c3ccc(-c4ccc5c(c4)C4c6ccccc6C5c5ccccc54)nc3)ccc2-c2ccc(-n3c4ccccc4c4ccccc43)cc21. The van der Waals surface area contributed by atoms with Crippen molar-refractivity contribution in [1.29, 1.82) is 0 Å². The van der Waals surface area contributed by atoms with Crippen LogP contribution in [0.15, 0.2) is 170 Å². The predicted octanol–water partition coefficient (Wildman–Crippen LogP) is 14.1. The monoisotopic (exact) mass is 742 g/mol. The molecule has 2 heterocycles. The summed E-state index contributed by atoms with van der Waals surface area (Å²) in [6.07, 6.45) is 8.57. The number of para-hydroxylation sites is 2. The zero-order chi connectivity index (χ0) is 38.5. The molecule has 0 atom stereocenters. The summed E-state index contributed by atoms with van der Waals surface area (Å²) < 4.78 is 2.45. The Labute approximate surface area is 339 Å². The largest absolute Gasteiger partial charge is 0.309 e. The van der Waals surface area contributed by atoms with Crippen LogP contribution in [0, 0.1) is 0 Å². The zero-order valence-corrected chi connectivity index (χ0v) is 32.8. The summed E-state index contributed by atoms with van der Waals surface area (Å²) in [5.74, 6) is 0.551. The van der Waals surface area contributed by atoms with Crippen molar-refractivity contribution in [2.45, 2.75) is 43.9 Å². The van der Waals surface area contributed by atoms with Crippen LogP contribution < -0.4 is 0 Å². The van der Waals surface area contributed by atoms with Gasteiger partial charge in [0, 0.05) is 45.5 Å². The summed E-state index contributed by atoms with van der Waals surface area (Å²) in [5.41, 5.74) is 22.4. The van der Waals surface area contributed by atoms with E-state index in [1.54, 1.807) is 0 Å². The fraction of sp³-hybridized carbons (Fsp3) is 0.125. The summed E-state index contributed by atoms with van der Waals surface area (Å²) >= 11 is 0. The third kappa shape index (κ3) is 4.63. The lowest BCUT2D eigenvalue weighted by Crippen LogP contribution is -2.27. The molecule has 4 aliphatic rings. The maximum absolute atomic E-state index is 5.01. The minimum atomic E-state index is -0.0506. The molecule has 0 saturated carbocycles. The van der Waals surface area contributed by atoms with Gasteiger partial charge in [-0.05, 0) is 116 Å². The average molecular weight is 743 g/mol. The molecule has 0 amide bonds. The highest BCUT2D eigenvalue weighted by atomic mass is 15.0. The zero-order valence-electron chi connectivity index (χ0n) is 32.8. The highest BCUT2D eigenvalue weighted by molar-refractivity contribution is 6.09. The van der Waals surface area contributed by atoms with E-state index < -0.39 is 0 Å². The van der Waals surface area contributed by atoms with Crippen molar-refractivity contribution in [1.82, 2.24) is 9.55 Å². The second kappa shape index (κ2) is 12.6. The van der Waals surface area contributed by atoms with Crippen LogP contribution in [0.1, 0.15) is 94.2 Å². The molecule has 4 aliphatic carbocycles. The molecule has 2 nitrogen and oxygen atoms in total. The van der Waals surface area contributed by atoms with E-state index in [1.165, 1.54) is 94.3 Å². The van der Waals surface area contributed by atoms with Crippen LogP contribution in [-0.4, -0.2) is 9.55 Å². The smallest absolute Gasteiger partial charge is 0.0702 e. The topological polar surface area (TPSA) is 17.8 Å². The number of fused-ring (bicyclic) bond motifs is 6. The molecule has 0 N–H and O–H groups in total. The molecule has 276 valence electrons. The molecule has 2 bridgehead atoms. The van der Waals surface area contributed by atoms with Crippen LogP contribution in [0.5, 0.6) is 0 Å². The van der Waals surface area contributed by atoms with Crippen LogP contribution in [0.25, 0.3) is 62.0 Å². The lowest BCUT2D eigenvalue weighted by Gasteiger charge is -2.42. The summed E-state index contributed by atoms with van der Waals surface area (Å²) in [6, 6.07) is 61.3. The predicted molar refractivity (Wildman–Crippen MR) is 241 cm³/mol. The Morgan fingerprint density at radius 2 is 1.03 bits per heavy atom. The van der Waals surface area contributed by atoms with Gasteiger partial charge in [0.1, 0.15) is 0 Å². The molecule has 0 spiro atoms. The van der Waals surface area contributed by atoms with Gasteiger partial charge in [-0.1, -0.05) is 153 Å². The Hall–Kier alpha value is -6.77. The molecule has 0 aliphatic heterocycles. The average Bonchev–Trinajstić information content (AvgIpc) is 3.77. The van der Waals surface area contributed by atoms with Crippen LogP contribution in [0.4, 0.5) is 0 Å². The van der Waals surface area contributed by atoms with Gasteiger partial charge >= 0.3 is 0 Å². The highest BCUT2D eigenvalue weighted by Gasteiger charge is 2.42. The Bertz CT molecular complexity index is 3050. The third-order valence-corrected chi connectivity index (χ3v) is 13.9. The normalized spacial score (nSPS) is 16.7. The van der Waals surface area contributed by atoms with Gasteiger partial charge in [0.25, 0.3) is 0 Å². The van der Waals surface area contributed by atoms with Crippen LogP contribution in [0.3, 0.4) is 0 Å². The van der Waals surface area contributed by atoms with E-state index in [2.05, 4.69) is 194 Å².